The Morgan fingerprint density at radius 1 is 1.10 bits per heavy atom. The summed E-state index contributed by atoms with van der Waals surface area (Å²) in [5, 5.41) is 0. The van der Waals surface area contributed by atoms with Gasteiger partial charge >= 0.3 is 12.1 Å². The second-order valence-electron chi connectivity index (χ2n) is 8.12. The van der Waals surface area contributed by atoms with Crippen LogP contribution in [0.3, 0.4) is 0 Å². The van der Waals surface area contributed by atoms with E-state index in [1.54, 1.807) is 13.0 Å². The SMILES string of the molecule is CCOC(=O)CC(C)(C)Cc1nc2ccccc2n1Cc1cccc(C(F)(F)F)c1. The van der Waals surface area contributed by atoms with Crippen molar-refractivity contribution >= 4 is 17.0 Å². The summed E-state index contributed by atoms with van der Waals surface area (Å²) in [5.41, 5.74) is 1.06. The molecule has 0 N–H and O–H groups in total. The van der Waals surface area contributed by atoms with E-state index in [-0.39, 0.29) is 18.9 Å². The first-order valence-corrected chi connectivity index (χ1v) is 9.85. The summed E-state index contributed by atoms with van der Waals surface area (Å²) in [4.78, 5) is 16.7. The number of ether oxygens (including phenoxy) is 1. The number of carbonyl (C=O) groups excluding carboxylic acids is 1. The van der Waals surface area contributed by atoms with Crippen LogP contribution in [-0.2, 0) is 28.7 Å². The molecule has 0 saturated carbocycles. The largest absolute Gasteiger partial charge is 0.466 e. The third-order valence-corrected chi connectivity index (χ3v) is 4.89. The van der Waals surface area contributed by atoms with Gasteiger partial charge in [0.25, 0.3) is 0 Å². The molecule has 0 spiro atoms. The summed E-state index contributed by atoms with van der Waals surface area (Å²) >= 11 is 0. The maximum absolute atomic E-state index is 13.1. The number of benzene rings is 2. The lowest BCUT2D eigenvalue weighted by Gasteiger charge is -2.23. The minimum Gasteiger partial charge on any atom is -0.466 e. The van der Waals surface area contributed by atoms with Crippen LogP contribution < -0.4 is 0 Å². The van der Waals surface area contributed by atoms with E-state index in [2.05, 4.69) is 0 Å². The van der Waals surface area contributed by atoms with Gasteiger partial charge < -0.3 is 9.30 Å². The van der Waals surface area contributed by atoms with Gasteiger partial charge in [-0.2, -0.15) is 13.2 Å². The Balaban J connectivity index is 1.95. The molecule has 0 radical (unpaired) electrons. The van der Waals surface area contributed by atoms with Crippen molar-refractivity contribution in [2.24, 2.45) is 5.41 Å². The first-order chi connectivity index (χ1) is 14.1. The molecule has 0 saturated heterocycles. The topological polar surface area (TPSA) is 44.1 Å². The number of hydrogen-bond donors (Lipinski definition) is 0. The maximum Gasteiger partial charge on any atom is 0.416 e. The van der Waals surface area contributed by atoms with E-state index in [1.807, 2.05) is 42.7 Å². The fourth-order valence-corrected chi connectivity index (χ4v) is 3.56. The number of rotatable bonds is 7. The Morgan fingerprint density at radius 2 is 1.83 bits per heavy atom. The molecule has 0 unspecified atom stereocenters. The van der Waals surface area contributed by atoms with Crippen LogP contribution in [-0.4, -0.2) is 22.1 Å². The Bertz CT molecular complexity index is 1040. The molecule has 2 aromatic carbocycles. The number of aromatic nitrogens is 2. The van der Waals surface area contributed by atoms with E-state index in [0.29, 0.717) is 18.6 Å². The first-order valence-electron chi connectivity index (χ1n) is 9.85. The highest BCUT2D eigenvalue weighted by molar-refractivity contribution is 5.76. The summed E-state index contributed by atoms with van der Waals surface area (Å²) in [7, 11) is 0. The molecule has 0 aliphatic rings. The summed E-state index contributed by atoms with van der Waals surface area (Å²) < 4.78 is 46.4. The highest BCUT2D eigenvalue weighted by atomic mass is 19.4. The number of para-hydroxylation sites is 2. The van der Waals surface area contributed by atoms with E-state index in [0.717, 1.165) is 22.9 Å². The number of fused-ring (bicyclic) bond motifs is 1. The molecular formula is C23H25F3N2O2. The van der Waals surface area contributed by atoms with Gasteiger partial charge in [0.1, 0.15) is 5.82 Å². The molecule has 0 atom stereocenters. The number of carbonyl (C=O) groups is 1. The van der Waals surface area contributed by atoms with E-state index < -0.39 is 17.2 Å². The molecule has 0 amide bonds. The molecule has 7 heteroatoms. The van der Waals surface area contributed by atoms with Gasteiger partial charge in [-0.1, -0.05) is 38.1 Å². The van der Waals surface area contributed by atoms with Crippen LogP contribution in [0.25, 0.3) is 11.0 Å². The first kappa shape index (κ1) is 21.9. The van der Waals surface area contributed by atoms with E-state index in [4.69, 9.17) is 9.72 Å². The van der Waals surface area contributed by atoms with Crippen LogP contribution in [0.4, 0.5) is 13.2 Å². The molecule has 3 rings (SSSR count). The van der Waals surface area contributed by atoms with Crippen LogP contribution in [0.2, 0.25) is 0 Å². The zero-order valence-electron chi connectivity index (χ0n) is 17.3. The zero-order chi connectivity index (χ0) is 21.9. The van der Waals surface area contributed by atoms with Gasteiger partial charge in [-0.05, 0) is 42.2 Å². The molecular weight excluding hydrogens is 393 g/mol. The van der Waals surface area contributed by atoms with Gasteiger partial charge in [-0.3, -0.25) is 4.79 Å². The number of alkyl halides is 3. The normalized spacial score (nSPS) is 12.3. The van der Waals surface area contributed by atoms with Gasteiger partial charge in [0.15, 0.2) is 0 Å². The average Bonchev–Trinajstić information content (AvgIpc) is 2.97. The lowest BCUT2D eigenvalue weighted by molar-refractivity contribution is -0.145. The standard InChI is InChI=1S/C23H25F3N2O2/c1-4-30-21(29)14-22(2,3)13-20-27-18-10-5-6-11-19(18)28(20)15-16-8-7-9-17(12-16)23(24,25)26/h5-12H,4,13-15H2,1-3H3. The maximum atomic E-state index is 13.1. The van der Waals surface area contributed by atoms with E-state index in [1.165, 1.54) is 12.1 Å². The van der Waals surface area contributed by atoms with Gasteiger partial charge in [-0.25, -0.2) is 4.98 Å². The highest BCUT2D eigenvalue weighted by Gasteiger charge is 2.31. The smallest absolute Gasteiger partial charge is 0.416 e. The predicted molar refractivity (Wildman–Crippen MR) is 109 cm³/mol. The fourth-order valence-electron chi connectivity index (χ4n) is 3.56. The molecule has 4 nitrogen and oxygen atoms in total. The third-order valence-electron chi connectivity index (χ3n) is 4.89. The Labute approximate surface area is 173 Å². The summed E-state index contributed by atoms with van der Waals surface area (Å²) in [5.74, 6) is 0.450. The fraction of sp³-hybridized carbons (Fsp3) is 0.391. The van der Waals surface area contributed by atoms with Crippen LogP contribution in [0.1, 0.15) is 44.1 Å². The molecule has 0 bridgehead atoms. The van der Waals surface area contributed by atoms with Crippen molar-refractivity contribution in [1.29, 1.82) is 0 Å². The average molecular weight is 418 g/mol. The van der Waals surface area contributed by atoms with Crippen LogP contribution in [0, 0.1) is 5.41 Å². The van der Waals surface area contributed by atoms with Crippen LogP contribution in [0.15, 0.2) is 48.5 Å². The molecule has 30 heavy (non-hydrogen) atoms. The van der Waals surface area contributed by atoms with Crippen LogP contribution >= 0.6 is 0 Å². The Morgan fingerprint density at radius 3 is 2.53 bits per heavy atom. The lowest BCUT2D eigenvalue weighted by Crippen LogP contribution is -2.23. The van der Waals surface area contributed by atoms with E-state index >= 15 is 0 Å². The predicted octanol–water partition coefficient (Wildman–Crippen LogP) is 5.63. The van der Waals surface area contributed by atoms with Crippen LogP contribution in [0.5, 0.6) is 0 Å². The van der Waals surface area contributed by atoms with Crippen molar-refractivity contribution in [2.45, 2.75) is 46.3 Å². The number of imidazole rings is 1. The van der Waals surface area contributed by atoms with Crippen molar-refractivity contribution in [1.82, 2.24) is 9.55 Å². The minimum atomic E-state index is -4.39. The molecule has 3 aromatic rings. The molecule has 160 valence electrons. The molecule has 0 aliphatic carbocycles. The second kappa shape index (κ2) is 8.50. The summed E-state index contributed by atoms with van der Waals surface area (Å²) in [6.07, 6.45) is -3.68. The summed E-state index contributed by atoms with van der Waals surface area (Å²) in [6, 6.07) is 12.9. The third kappa shape index (κ3) is 5.20. The second-order valence-corrected chi connectivity index (χ2v) is 8.12. The highest BCUT2D eigenvalue weighted by Crippen LogP contribution is 2.31. The quantitative estimate of drug-likeness (QED) is 0.468. The van der Waals surface area contributed by atoms with Crippen molar-refractivity contribution in [3.05, 3.63) is 65.5 Å². The van der Waals surface area contributed by atoms with Crippen molar-refractivity contribution < 1.29 is 22.7 Å². The lowest BCUT2D eigenvalue weighted by atomic mass is 9.85. The van der Waals surface area contributed by atoms with Gasteiger partial charge in [0.05, 0.1) is 29.6 Å². The molecule has 0 fully saturated rings. The van der Waals surface area contributed by atoms with Crippen molar-refractivity contribution in [3.63, 3.8) is 0 Å². The van der Waals surface area contributed by atoms with Crippen molar-refractivity contribution in [2.75, 3.05) is 6.61 Å². The number of nitrogens with zero attached hydrogens (tertiary/aromatic N) is 2. The van der Waals surface area contributed by atoms with Crippen molar-refractivity contribution in [3.8, 4) is 0 Å². The number of esters is 1. The van der Waals surface area contributed by atoms with Gasteiger partial charge in [0.2, 0.25) is 0 Å². The summed E-state index contributed by atoms with van der Waals surface area (Å²) in [6.45, 7) is 6.26. The molecule has 1 heterocycles. The monoisotopic (exact) mass is 418 g/mol. The van der Waals surface area contributed by atoms with E-state index in [9.17, 15) is 18.0 Å². The molecule has 1 aromatic heterocycles. The Hall–Kier alpha value is -2.83. The minimum absolute atomic E-state index is 0.230. The molecule has 0 aliphatic heterocycles. The zero-order valence-corrected chi connectivity index (χ0v) is 17.3. The Kier molecular flexibility index (Phi) is 6.19. The van der Waals surface area contributed by atoms with Gasteiger partial charge in [-0.15, -0.1) is 0 Å². The number of hydrogen-bond acceptors (Lipinski definition) is 3. The van der Waals surface area contributed by atoms with Gasteiger partial charge in [0, 0.05) is 13.0 Å². The number of halogens is 3.